The van der Waals surface area contributed by atoms with E-state index in [1.54, 1.807) is 6.20 Å². The zero-order valence-corrected chi connectivity index (χ0v) is 15.1. The van der Waals surface area contributed by atoms with Crippen LogP contribution in [0.25, 0.3) is 0 Å². The molecule has 2 amide bonds. The smallest absolute Gasteiger partial charge is 0.315 e. The number of nitrogens with zero attached hydrogens (tertiary/aromatic N) is 2. The van der Waals surface area contributed by atoms with Gasteiger partial charge >= 0.3 is 6.03 Å². The number of hydrogen-bond acceptors (Lipinski definition) is 3. The third-order valence-corrected chi connectivity index (χ3v) is 4.46. The highest BCUT2D eigenvalue weighted by Gasteiger charge is 2.15. The van der Waals surface area contributed by atoms with Gasteiger partial charge in [-0.1, -0.05) is 50.6 Å². The Kier molecular flexibility index (Phi) is 7.01. The van der Waals surface area contributed by atoms with Crippen LogP contribution in [0.15, 0.2) is 42.7 Å². The maximum Gasteiger partial charge on any atom is 0.315 e. The Morgan fingerprint density at radius 3 is 2.68 bits per heavy atom. The Morgan fingerprint density at radius 2 is 2.00 bits per heavy atom. The largest absolute Gasteiger partial charge is 0.391 e. The molecule has 1 heterocycles. The lowest BCUT2D eigenvalue weighted by Gasteiger charge is -2.19. The number of amides is 2. The lowest BCUT2D eigenvalue weighted by atomic mass is 10.0. The zero-order chi connectivity index (χ0) is 18.2. The molecule has 0 spiro atoms. The van der Waals surface area contributed by atoms with Crippen molar-refractivity contribution in [2.75, 3.05) is 6.54 Å². The molecule has 0 saturated heterocycles. The first-order chi connectivity index (χ1) is 12.0. The van der Waals surface area contributed by atoms with E-state index in [-0.39, 0.29) is 24.5 Å². The number of carbonyl (C=O) groups excluding carboxylic acids is 1. The first-order valence-electron chi connectivity index (χ1n) is 8.78. The summed E-state index contributed by atoms with van der Waals surface area (Å²) in [7, 11) is 0. The van der Waals surface area contributed by atoms with Gasteiger partial charge in [-0.3, -0.25) is 4.68 Å². The molecule has 25 heavy (non-hydrogen) atoms. The predicted molar refractivity (Wildman–Crippen MR) is 98.2 cm³/mol. The van der Waals surface area contributed by atoms with Gasteiger partial charge in [-0.25, -0.2) is 4.79 Å². The zero-order valence-electron chi connectivity index (χ0n) is 15.1. The van der Waals surface area contributed by atoms with E-state index >= 15 is 0 Å². The number of carbonyl (C=O) groups is 1. The first kappa shape index (κ1) is 19.0. The van der Waals surface area contributed by atoms with E-state index in [2.05, 4.69) is 27.9 Å². The molecule has 0 bridgehead atoms. The number of aromatic nitrogens is 2. The van der Waals surface area contributed by atoms with Gasteiger partial charge in [0.2, 0.25) is 0 Å². The number of rotatable bonds is 8. The molecule has 6 heteroatoms. The second-order valence-electron chi connectivity index (χ2n) is 6.49. The van der Waals surface area contributed by atoms with Gasteiger partial charge in [-0.2, -0.15) is 5.10 Å². The van der Waals surface area contributed by atoms with Crippen LogP contribution in [0.4, 0.5) is 4.79 Å². The van der Waals surface area contributed by atoms with E-state index in [1.807, 2.05) is 49.8 Å². The van der Waals surface area contributed by atoms with Gasteiger partial charge < -0.3 is 15.7 Å². The van der Waals surface area contributed by atoms with Crippen LogP contribution >= 0.6 is 0 Å². The molecular weight excluding hydrogens is 316 g/mol. The molecule has 1 aromatic heterocycles. The fourth-order valence-corrected chi connectivity index (χ4v) is 2.46. The van der Waals surface area contributed by atoms with E-state index in [0.29, 0.717) is 6.54 Å². The van der Waals surface area contributed by atoms with E-state index in [1.165, 1.54) is 5.56 Å². The van der Waals surface area contributed by atoms with Crippen molar-refractivity contribution in [3.05, 3.63) is 53.9 Å². The number of urea groups is 1. The third kappa shape index (κ3) is 5.90. The summed E-state index contributed by atoms with van der Waals surface area (Å²) >= 11 is 0. The number of aliphatic hydroxyl groups is 1. The number of benzene rings is 1. The quantitative estimate of drug-likeness (QED) is 0.689. The monoisotopic (exact) mass is 344 g/mol. The van der Waals surface area contributed by atoms with Gasteiger partial charge in [-0.15, -0.1) is 0 Å². The van der Waals surface area contributed by atoms with Crippen molar-refractivity contribution in [2.24, 2.45) is 5.92 Å². The van der Waals surface area contributed by atoms with Crippen molar-refractivity contribution in [1.29, 1.82) is 0 Å². The highest BCUT2D eigenvalue weighted by atomic mass is 16.3. The van der Waals surface area contributed by atoms with Gasteiger partial charge in [-0.05, 0) is 18.4 Å². The average molecular weight is 344 g/mol. The summed E-state index contributed by atoms with van der Waals surface area (Å²) in [5, 5.41) is 19.8. The molecule has 0 aliphatic carbocycles. The molecule has 0 fully saturated rings. The molecule has 6 nitrogen and oxygen atoms in total. The Labute approximate surface area is 149 Å². The maximum absolute atomic E-state index is 12.0. The molecule has 2 aromatic rings. The molecular formula is C19H28N4O2. The molecule has 0 aliphatic heterocycles. The predicted octanol–water partition coefficient (Wildman–Crippen LogP) is 2.70. The van der Waals surface area contributed by atoms with Crippen LogP contribution in [0, 0.1) is 5.92 Å². The summed E-state index contributed by atoms with van der Waals surface area (Å²) < 4.78 is 1.85. The molecule has 0 saturated carbocycles. The third-order valence-electron chi connectivity index (χ3n) is 4.46. The van der Waals surface area contributed by atoms with Gasteiger partial charge in [0.15, 0.2) is 0 Å². The van der Waals surface area contributed by atoms with Crippen molar-refractivity contribution in [3.8, 4) is 0 Å². The summed E-state index contributed by atoms with van der Waals surface area (Å²) in [5.74, 6) is 0.161. The normalized spacial score (nSPS) is 14.6. The molecule has 2 rings (SSSR count). The van der Waals surface area contributed by atoms with E-state index in [4.69, 9.17) is 0 Å². The highest BCUT2D eigenvalue weighted by Crippen LogP contribution is 2.12. The fourth-order valence-electron chi connectivity index (χ4n) is 2.46. The van der Waals surface area contributed by atoms with Crippen molar-refractivity contribution in [1.82, 2.24) is 20.4 Å². The minimum Gasteiger partial charge on any atom is -0.391 e. The Morgan fingerprint density at radius 1 is 1.28 bits per heavy atom. The molecule has 3 unspecified atom stereocenters. The number of hydrogen-bond donors (Lipinski definition) is 3. The highest BCUT2D eigenvalue weighted by molar-refractivity contribution is 5.74. The lowest BCUT2D eigenvalue weighted by molar-refractivity contribution is 0.114. The number of aliphatic hydroxyl groups excluding tert-OH is 1. The first-order valence-corrected chi connectivity index (χ1v) is 8.78. The number of nitrogens with one attached hydrogen (secondary N) is 2. The summed E-state index contributed by atoms with van der Waals surface area (Å²) in [4.78, 5) is 12.0. The summed E-state index contributed by atoms with van der Waals surface area (Å²) in [6.07, 6.45) is 4.05. The molecule has 136 valence electrons. The molecule has 0 radical (unpaired) electrons. The summed E-state index contributed by atoms with van der Waals surface area (Å²) in [6, 6.07) is 9.65. The Balaban J connectivity index is 1.82. The van der Waals surface area contributed by atoms with Crippen molar-refractivity contribution in [3.63, 3.8) is 0 Å². The SMILES string of the molecule is CCC(C)C(O)CNC(=O)NC(C)c1cnn(Cc2ccccc2)c1. The van der Waals surface area contributed by atoms with Gasteiger partial charge in [0.25, 0.3) is 0 Å². The van der Waals surface area contributed by atoms with Crippen molar-refractivity contribution >= 4 is 6.03 Å². The molecule has 0 aliphatic rings. The maximum atomic E-state index is 12.0. The van der Waals surface area contributed by atoms with Gasteiger partial charge in [0.1, 0.15) is 0 Å². The fraction of sp³-hybridized carbons (Fsp3) is 0.474. The van der Waals surface area contributed by atoms with E-state index in [9.17, 15) is 9.90 Å². The molecule has 1 aromatic carbocycles. The molecule has 3 N–H and O–H groups in total. The van der Waals surface area contributed by atoms with Crippen LogP contribution < -0.4 is 10.6 Å². The average Bonchev–Trinajstić information content (AvgIpc) is 3.08. The van der Waals surface area contributed by atoms with E-state index in [0.717, 1.165) is 12.0 Å². The lowest BCUT2D eigenvalue weighted by Crippen LogP contribution is -2.42. The standard InChI is InChI=1S/C19H28N4O2/c1-4-14(2)18(24)11-20-19(25)22-15(3)17-10-21-23(13-17)12-16-8-6-5-7-9-16/h5-10,13-15,18,24H,4,11-12H2,1-3H3,(H2,20,22,25). The Bertz CT molecular complexity index is 656. The van der Waals surface area contributed by atoms with Crippen LogP contribution in [0.3, 0.4) is 0 Å². The van der Waals surface area contributed by atoms with Crippen LogP contribution in [-0.2, 0) is 6.54 Å². The minimum atomic E-state index is -0.528. The minimum absolute atomic E-state index is 0.161. The van der Waals surface area contributed by atoms with Gasteiger partial charge in [0, 0.05) is 18.3 Å². The second-order valence-corrected chi connectivity index (χ2v) is 6.49. The van der Waals surface area contributed by atoms with Crippen LogP contribution in [0.5, 0.6) is 0 Å². The summed E-state index contributed by atoms with van der Waals surface area (Å²) in [6.45, 7) is 6.84. The second kappa shape index (κ2) is 9.22. The van der Waals surface area contributed by atoms with Crippen LogP contribution in [0.1, 0.15) is 44.4 Å². The molecule has 3 atom stereocenters. The van der Waals surface area contributed by atoms with Crippen LogP contribution in [0.2, 0.25) is 0 Å². The topological polar surface area (TPSA) is 79.2 Å². The van der Waals surface area contributed by atoms with Crippen molar-refractivity contribution < 1.29 is 9.90 Å². The summed E-state index contributed by atoms with van der Waals surface area (Å²) in [5.41, 5.74) is 2.11. The van der Waals surface area contributed by atoms with Crippen molar-refractivity contribution in [2.45, 2.75) is 45.9 Å². The van der Waals surface area contributed by atoms with Crippen LogP contribution in [-0.4, -0.2) is 33.6 Å². The van der Waals surface area contributed by atoms with E-state index < -0.39 is 6.10 Å². The Hall–Kier alpha value is -2.34. The van der Waals surface area contributed by atoms with Gasteiger partial charge in [0.05, 0.1) is 24.9 Å².